The number of halogens is 3. The van der Waals surface area contributed by atoms with Crippen molar-refractivity contribution in [1.82, 2.24) is 14.1 Å². The lowest BCUT2D eigenvalue weighted by Gasteiger charge is -2.50. The third-order valence-electron chi connectivity index (χ3n) is 9.26. The molecule has 3 fully saturated rings. The SMILES string of the molecule is CC(C)(C)[N+](O)(c1ccc([N+](O)(S)Nc2cc(C(F)(F)F)ccc2C(=O)NC23CCC(C#N)(CC2)CC3)cc1)C(C)(C)C. The van der Waals surface area contributed by atoms with Crippen molar-refractivity contribution in [3.05, 3.63) is 53.6 Å². The van der Waals surface area contributed by atoms with Crippen molar-refractivity contribution in [2.75, 3.05) is 5.43 Å². The van der Waals surface area contributed by atoms with Gasteiger partial charge in [-0.2, -0.15) is 29.1 Å². The minimum absolute atomic E-state index is 0.0844. The highest BCUT2D eigenvalue weighted by Gasteiger charge is 2.52. The molecule has 12 heteroatoms. The molecule has 1 amide bonds. The number of carbonyl (C=O) groups is 1. The van der Waals surface area contributed by atoms with Crippen LogP contribution in [0.5, 0.6) is 0 Å². The van der Waals surface area contributed by atoms with Gasteiger partial charge in [-0.05, 0) is 98.3 Å². The molecule has 0 aromatic heterocycles. The van der Waals surface area contributed by atoms with Gasteiger partial charge >= 0.3 is 6.18 Å². The van der Waals surface area contributed by atoms with Gasteiger partial charge in [0.25, 0.3) is 5.91 Å². The van der Waals surface area contributed by atoms with E-state index in [-0.39, 0.29) is 22.4 Å². The van der Waals surface area contributed by atoms with Crippen molar-refractivity contribution < 1.29 is 28.4 Å². The Morgan fingerprint density at radius 1 is 0.884 bits per heavy atom. The maximum absolute atomic E-state index is 13.7. The first kappa shape index (κ1) is 33.1. The van der Waals surface area contributed by atoms with Gasteiger partial charge in [-0.15, -0.1) is 4.65 Å². The Kier molecular flexibility index (Phi) is 8.20. The predicted octanol–water partition coefficient (Wildman–Crippen LogP) is 7.91. The molecule has 8 nitrogen and oxygen atoms in total. The number of anilines is 1. The van der Waals surface area contributed by atoms with E-state index < -0.39 is 43.1 Å². The summed E-state index contributed by atoms with van der Waals surface area (Å²) in [6.07, 6.45) is -0.882. The van der Waals surface area contributed by atoms with E-state index in [0.29, 0.717) is 44.2 Å². The van der Waals surface area contributed by atoms with Crippen LogP contribution >= 0.6 is 12.8 Å². The Hall–Kier alpha value is -2.82. The summed E-state index contributed by atoms with van der Waals surface area (Å²) in [6.45, 7) is 11.4. The number of hydroxylamine groups is 2. The van der Waals surface area contributed by atoms with Crippen LogP contribution < -0.4 is 19.5 Å². The van der Waals surface area contributed by atoms with E-state index in [4.69, 9.17) is 0 Å². The van der Waals surface area contributed by atoms with Gasteiger partial charge in [0.05, 0.1) is 22.6 Å². The number of hydrogen-bond donors (Lipinski definition) is 5. The van der Waals surface area contributed by atoms with Crippen LogP contribution in [-0.2, 0) is 6.18 Å². The number of nitriles is 1. The first-order valence-corrected chi connectivity index (χ1v) is 14.8. The van der Waals surface area contributed by atoms with Crippen LogP contribution in [0.15, 0.2) is 42.5 Å². The zero-order valence-corrected chi connectivity index (χ0v) is 26.4. The highest BCUT2D eigenvalue weighted by atomic mass is 32.1. The van der Waals surface area contributed by atoms with Crippen LogP contribution in [0.25, 0.3) is 0 Å². The smallest absolute Gasteiger partial charge is 0.347 e. The fourth-order valence-corrected chi connectivity index (χ4v) is 6.99. The van der Waals surface area contributed by atoms with E-state index in [1.165, 1.54) is 12.1 Å². The fourth-order valence-electron chi connectivity index (χ4n) is 6.75. The Morgan fingerprint density at radius 2 is 1.37 bits per heavy atom. The molecular weight excluding hydrogens is 579 g/mol. The van der Waals surface area contributed by atoms with Crippen LogP contribution in [0.1, 0.15) is 96.0 Å². The number of alkyl halides is 3. The highest BCUT2D eigenvalue weighted by Crippen LogP contribution is 2.52. The standard InChI is InChI=1S/C31H41F3N5O3S/c1-27(2,3)38(41,28(4,5)6)22-8-10-23(11-9-22)39(42,43)37-25-19-21(31(32,33)34)7-12-24(25)26(40)36-30-16-13-29(20-35,14-17-30)15-18-30/h7-12,19,41-43H,13-18H2,1-6H3,(H-,36,37,40)/q+1/p+1. The van der Waals surface area contributed by atoms with Crippen molar-refractivity contribution >= 4 is 35.8 Å². The van der Waals surface area contributed by atoms with Crippen LogP contribution in [0.2, 0.25) is 0 Å². The van der Waals surface area contributed by atoms with E-state index in [1.54, 1.807) is 12.1 Å². The van der Waals surface area contributed by atoms with E-state index in [2.05, 4.69) is 29.6 Å². The number of rotatable bonds is 6. The first-order valence-electron chi connectivity index (χ1n) is 14.4. The molecule has 234 valence electrons. The van der Waals surface area contributed by atoms with E-state index in [9.17, 15) is 33.6 Å². The van der Waals surface area contributed by atoms with Crippen molar-refractivity contribution in [2.24, 2.45) is 5.41 Å². The van der Waals surface area contributed by atoms with Crippen LogP contribution in [0.3, 0.4) is 0 Å². The van der Waals surface area contributed by atoms with Crippen LogP contribution in [-0.4, -0.2) is 32.9 Å². The summed E-state index contributed by atoms with van der Waals surface area (Å²) in [4.78, 5) is 13.6. The molecule has 0 heterocycles. The molecule has 0 aliphatic heterocycles. The third-order valence-corrected chi connectivity index (χ3v) is 9.59. The quantitative estimate of drug-likeness (QED) is 0.128. The van der Waals surface area contributed by atoms with Crippen molar-refractivity contribution in [2.45, 2.75) is 103 Å². The monoisotopic (exact) mass is 621 g/mol. The fraction of sp³-hybridized carbons (Fsp3) is 0.548. The highest BCUT2D eigenvalue weighted by molar-refractivity contribution is 7.79. The summed E-state index contributed by atoms with van der Waals surface area (Å²) in [5.41, 5.74) is -0.208. The second-order valence-corrected chi connectivity index (χ2v) is 14.7. The number of nitrogens with zero attached hydrogens (tertiary/aromatic N) is 3. The molecule has 0 saturated heterocycles. The average Bonchev–Trinajstić information content (AvgIpc) is 2.91. The molecular formula is C31H42F3N5O3S+2. The largest absolute Gasteiger partial charge is 0.416 e. The Morgan fingerprint density at radius 3 is 1.81 bits per heavy atom. The molecule has 0 radical (unpaired) electrons. The molecule has 2 aromatic rings. The second-order valence-electron chi connectivity index (χ2n) is 14.1. The topological polar surface area (TPSA) is 105 Å². The Balaban J connectivity index is 1.66. The van der Waals surface area contributed by atoms with Gasteiger partial charge in [-0.3, -0.25) is 4.79 Å². The summed E-state index contributed by atoms with van der Waals surface area (Å²) >= 11 is 4.29. The second kappa shape index (κ2) is 10.7. The number of carbonyl (C=O) groups excluding carboxylic acids is 1. The number of amides is 1. The molecule has 1 unspecified atom stereocenters. The molecule has 2 aromatic carbocycles. The third kappa shape index (κ3) is 6.11. The summed E-state index contributed by atoms with van der Waals surface area (Å²) in [5, 5.41) is 35.7. The molecule has 3 aliphatic carbocycles. The minimum atomic E-state index is -4.69. The first-order chi connectivity index (χ1) is 19.6. The molecule has 2 bridgehead atoms. The van der Waals surface area contributed by atoms with Crippen molar-refractivity contribution in [3.63, 3.8) is 0 Å². The molecule has 4 N–H and O–H groups in total. The average molecular weight is 622 g/mol. The van der Waals surface area contributed by atoms with Crippen LogP contribution in [0.4, 0.5) is 30.2 Å². The minimum Gasteiger partial charge on any atom is -0.347 e. The number of nitrogens with one attached hydrogen (secondary N) is 2. The maximum Gasteiger partial charge on any atom is 0.416 e. The molecule has 0 spiro atoms. The van der Waals surface area contributed by atoms with Gasteiger partial charge < -0.3 is 5.32 Å². The summed E-state index contributed by atoms with van der Waals surface area (Å²) in [7, 11) is 0. The molecule has 3 aliphatic rings. The zero-order chi connectivity index (χ0) is 32.3. The number of benzene rings is 2. The number of thiol groups is 1. The van der Waals surface area contributed by atoms with Crippen LogP contribution in [0, 0.1) is 16.7 Å². The van der Waals surface area contributed by atoms with Gasteiger partial charge in [0.1, 0.15) is 29.6 Å². The van der Waals surface area contributed by atoms with E-state index in [1.807, 2.05) is 41.5 Å². The van der Waals surface area contributed by atoms with Gasteiger partial charge in [0.2, 0.25) is 5.69 Å². The lowest BCUT2D eigenvalue weighted by atomic mass is 9.58. The lowest BCUT2D eigenvalue weighted by molar-refractivity contribution is -0.199. The molecule has 5 rings (SSSR count). The molecule has 43 heavy (non-hydrogen) atoms. The summed E-state index contributed by atoms with van der Waals surface area (Å²) < 4.78 is 39.3. The van der Waals surface area contributed by atoms with Crippen molar-refractivity contribution in [1.29, 1.82) is 5.26 Å². The Labute approximate surface area is 256 Å². The maximum atomic E-state index is 13.7. The number of hydrogen-bond acceptors (Lipinski definition) is 6. The summed E-state index contributed by atoms with van der Waals surface area (Å²) in [6, 6.07) is 11.4. The van der Waals surface area contributed by atoms with E-state index in [0.717, 1.165) is 18.2 Å². The van der Waals surface area contributed by atoms with Gasteiger partial charge in [-0.1, -0.05) is 0 Å². The molecule has 3 saturated carbocycles. The summed E-state index contributed by atoms with van der Waals surface area (Å²) in [5.74, 6) is -0.580. The Bertz CT molecular complexity index is 1380. The zero-order valence-electron chi connectivity index (χ0n) is 25.5. The van der Waals surface area contributed by atoms with E-state index >= 15 is 0 Å². The van der Waals surface area contributed by atoms with Crippen molar-refractivity contribution in [3.8, 4) is 6.07 Å². The van der Waals surface area contributed by atoms with Gasteiger partial charge in [0.15, 0.2) is 5.69 Å². The molecule has 1 atom stereocenters. The number of fused-ring (bicyclic) bond motifs is 3. The predicted molar refractivity (Wildman–Crippen MR) is 163 cm³/mol. The number of quaternary nitrogens is 2. The lowest BCUT2D eigenvalue weighted by Crippen LogP contribution is -2.68. The van der Waals surface area contributed by atoms with Gasteiger partial charge in [0, 0.05) is 34.0 Å². The normalized spacial score (nSPS) is 24.2. The van der Waals surface area contributed by atoms with Gasteiger partial charge in [-0.25, -0.2) is 5.21 Å².